The van der Waals surface area contributed by atoms with Crippen LogP contribution in [-0.2, 0) is 22.2 Å². The number of alkyl halides is 3. The van der Waals surface area contributed by atoms with E-state index in [4.69, 9.17) is 0 Å². The van der Waals surface area contributed by atoms with Crippen molar-refractivity contribution in [3.8, 4) is 0 Å². The maximum atomic E-state index is 13.1. The molecular formula is C17H16F3N3O3. The SMILES string of the molecule is CN1C(=O)NC(=O)[C@]2(Cc3cc(C(F)(F)F)ccc3N3CCC[C@H]32)C1=O. The lowest BCUT2D eigenvalue weighted by molar-refractivity contribution is -0.152. The summed E-state index contributed by atoms with van der Waals surface area (Å²) in [6.45, 7) is 0.545. The van der Waals surface area contributed by atoms with E-state index in [0.29, 0.717) is 30.6 Å². The standard InChI is InChI=1S/C17H16F3N3O3/c1-22-14(25)16(13(24)21-15(22)26)8-9-7-10(17(18,19)20)4-5-11(9)23-6-2-3-12(16)23/h4-5,7,12H,2-3,6,8H2,1H3,(H,21,24,26)/t12-,16+/m0/s1. The second kappa shape index (κ2) is 5.21. The number of amides is 4. The zero-order valence-corrected chi connectivity index (χ0v) is 13.9. The van der Waals surface area contributed by atoms with E-state index < -0.39 is 41.0 Å². The van der Waals surface area contributed by atoms with E-state index in [2.05, 4.69) is 5.32 Å². The van der Waals surface area contributed by atoms with Crippen LogP contribution in [0.5, 0.6) is 0 Å². The van der Waals surface area contributed by atoms with Gasteiger partial charge in [-0.1, -0.05) is 0 Å². The predicted octanol–water partition coefficient (Wildman–Crippen LogP) is 1.92. The van der Waals surface area contributed by atoms with Gasteiger partial charge in [-0.05, 0) is 43.0 Å². The van der Waals surface area contributed by atoms with Crippen molar-refractivity contribution in [3.63, 3.8) is 0 Å². The van der Waals surface area contributed by atoms with Crippen LogP contribution in [0.15, 0.2) is 18.2 Å². The molecule has 4 rings (SSSR count). The fourth-order valence-corrected chi connectivity index (χ4v) is 4.40. The van der Waals surface area contributed by atoms with Crippen molar-refractivity contribution in [2.24, 2.45) is 5.41 Å². The van der Waals surface area contributed by atoms with Gasteiger partial charge in [0.05, 0.1) is 11.6 Å². The number of urea groups is 1. The molecule has 2 atom stereocenters. The molecule has 0 aliphatic carbocycles. The third-order valence-corrected chi connectivity index (χ3v) is 5.62. The summed E-state index contributed by atoms with van der Waals surface area (Å²) in [6.07, 6.45) is -3.40. The molecule has 4 amide bonds. The smallest absolute Gasteiger partial charge is 0.367 e. The molecule has 0 unspecified atom stereocenters. The molecular weight excluding hydrogens is 351 g/mol. The lowest BCUT2D eigenvalue weighted by Gasteiger charge is -2.49. The van der Waals surface area contributed by atoms with Crippen LogP contribution in [0.4, 0.5) is 23.7 Å². The minimum Gasteiger partial charge on any atom is -0.367 e. The largest absolute Gasteiger partial charge is 0.416 e. The Bertz CT molecular complexity index is 838. The van der Waals surface area contributed by atoms with E-state index in [1.807, 2.05) is 4.90 Å². The van der Waals surface area contributed by atoms with E-state index in [0.717, 1.165) is 17.0 Å². The van der Waals surface area contributed by atoms with E-state index in [-0.39, 0.29) is 6.42 Å². The molecule has 1 aromatic rings. The number of carbonyl (C=O) groups is 3. The summed E-state index contributed by atoms with van der Waals surface area (Å²) in [5, 5.41) is 2.19. The number of benzene rings is 1. The van der Waals surface area contributed by atoms with Crippen LogP contribution < -0.4 is 10.2 Å². The summed E-state index contributed by atoms with van der Waals surface area (Å²) < 4.78 is 39.3. The fourth-order valence-electron chi connectivity index (χ4n) is 4.40. The minimum absolute atomic E-state index is 0.157. The van der Waals surface area contributed by atoms with Crippen molar-refractivity contribution in [2.45, 2.75) is 31.5 Å². The fraction of sp³-hybridized carbons (Fsp3) is 0.471. The van der Waals surface area contributed by atoms with Gasteiger partial charge in [-0.15, -0.1) is 0 Å². The Morgan fingerprint density at radius 2 is 1.96 bits per heavy atom. The summed E-state index contributed by atoms with van der Waals surface area (Å²) in [4.78, 5) is 40.1. The van der Waals surface area contributed by atoms with Crippen LogP contribution in [0.3, 0.4) is 0 Å². The van der Waals surface area contributed by atoms with Crippen LogP contribution in [-0.4, -0.2) is 42.4 Å². The first-order chi connectivity index (χ1) is 12.2. The summed E-state index contributed by atoms with van der Waals surface area (Å²) in [7, 11) is 1.27. The third-order valence-electron chi connectivity index (χ3n) is 5.62. The van der Waals surface area contributed by atoms with E-state index in [1.165, 1.54) is 13.1 Å². The number of rotatable bonds is 0. The number of nitrogens with one attached hydrogen (secondary N) is 1. The van der Waals surface area contributed by atoms with Gasteiger partial charge in [-0.3, -0.25) is 19.8 Å². The monoisotopic (exact) mass is 367 g/mol. The molecule has 26 heavy (non-hydrogen) atoms. The van der Waals surface area contributed by atoms with E-state index >= 15 is 0 Å². The third kappa shape index (κ3) is 2.09. The minimum atomic E-state index is -4.52. The average Bonchev–Trinajstić information content (AvgIpc) is 3.07. The van der Waals surface area contributed by atoms with Crippen LogP contribution in [0.1, 0.15) is 24.0 Å². The first kappa shape index (κ1) is 16.9. The molecule has 1 N–H and O–H groups in total. The van der Waals surface area contributed by atoms with Gasteiger partial charge in [0.2, 0.25) is 11.8 Å². The molecule has 3 aliphatic heterocycles. The number of hydrogen-bond acceptors (Lipinski definition) is 4. The Hall–Kier alpha value is -2.58. The molecule has 9 heteroatoms. The number of fused-ring (bicyclic) bond motifs is 4. The predicted molar refractivity (Wildman–Crippen MR) is 84.3 cm³/mol. The Kier molecular flexibility index (Phi) is 3.38. The number of nitrogens with zero attached hydrogens (tertiary/aromatic N) is 2. The number of imide groups is 2. The second-order valence-corrected chi connectivity index (χ2v) is 6.96. The quantitative estimate of drug-likeness (QED) is 0.712. The van der Waals surface area contributed by atoms with Crippen LogP contribution in [0.2, 0.25) is 0 Å². The topological polar surface area (TPSA) is 69.7 Å². The average molecular weight is 367 g/mol. The van der Waals surface area contributed by atoms with Crippen molar-refractivity contribution < 1.29 is 27.6 Å². The van der Waals surface area contributed by atoms with Gasteiger partial charge in [0, 0.05) is 19.3 Å². The highest BCUT2D eigenvalue weighted by atomic mass is 19.4. The number of hydrogen-bond donors (Lipinski definition) is 1. The lowest BCUT2D eigenvalue weighted by atomic mass is 9.68. The van der Waals surface area contributed by atoms with Gasteiger partial charge in [-0.2, -0.15) is 13.2 Å². The molecule has 0 aromatic heterocycles. The number of barbiturate groups is 1. The zero-order chi connectivity index (χ0) is 18.9. The zero-order valence-electron chi connectivity index (χ0n) is 13.9. The van der Waals surface area contributed by atoms with E-state index in [9.17, 15) is 27.6 Å². The first-order valence-corrected chi connectivity index (χ1v) is 8.26. The van der Waals surface area contributed by atoms with Crippen molar-refractivity contribution in [2.75, 3.05) is 18.5 Å². The molecule has 1 spiro atoms. The molecule has 2 fully saturated rings. The highest BCUT2D eigenvalue weighted by Crippen LogP contribution is 2.49. The summed E-state index contributed by atoms with van der Waals surface area (Å²) >= 11 is 0. The lowest BCUT2D eigenvalue weighted by Crippen LogP contribution is -2.70. The highest BCUT2D eigenvalue weighted by Gasteiger charge is 2.62. The molecule has 2 saturated heterocycles. The Labute approximate surface area is 146 Å². The summed E-state index contributed by atoms with van der Waals surface area (Å²) in [5.74, 6) is -1.39. The number of anilines is 1. The van der Waals surface area contributed by atoms with Gasteiger partial charge >= 0.3 is 12.2 Å². The van der Waals surface area contributed by atoms with Gasteiger partial charge in [0.15, 0.2) is 5.41 Å². The number of carbonyl (C=O) groups excluding carboxylic acids is 3. The van der Waals surface area contributed by atoms with E-state index in [1.54, 1.807) is 0 Å². The maximum absolute atomic E-state index is 13.1. The highest BCUT2D eigenvalue weighted by molar-refractivity contribution is 6.20. The normalized spacial score (nSPS) is 28.3. The van der Waals surface area contributed by atoms with Crippen LogP contribution in [0.25, 0.3) is 0 Å². The summed E-state index contributed by atoms with van der Waals surface area (Å²) in [5.41, 5.74) is -1.50. The summed E-state index contributed by atoms with van der Waals surface area (Å²) in [6, 6.07) is 2.14. The van der Waals surface area contributed by atoms with Crippen molar-refractivity contribution >= 4 is 23.5 Å². The molecule has 6 nitrogen and oxygen atoms in total. The van der Waals surface area contributed by atoms with Gasteiger partial charge in [-0.25, -0.2) is 4.79 Å². The molecule has 0 saturated carbocycles. The van der Waals surface area contributed by atoms with Gasteiger partial charge in [0.25, 0.3) is 0 Å². The Balaban J connectivity index is 1.88. The molecule has 3 heterocycles. The second-order valence-electron chi connectivity index (χ2n) is 6.96. The Morgan fingerprint density at radius 1 is 1.23 bits per heavy atom. The van der Waals surface area contributed by atoms with Gasteiger partial charge < -0.3 is 4.90 Å². The van der Waals surface area contributed by atoms with Gasteiger partial charge in [0.1, 0.15) is 0 Å². The number of halogens is 3. The maximum Gasteiger partial charge on any atom is 0.416 e. The first-order valence-electron chi connectivity index (χ1n) is 8.26. The van der Waals surface area contributed by atoms with Crippen molar-refractivity contribution in [3.05, 3.63) is 29.3 Å². The molecule has 0 bridgehead atoms. The van der Waals surface area contributed by atoms with Crippen LogP contribution in [0, 0.1) is 5.41 Å². The Morgan fingerprint density at radius 3 is 2.65 bits per heavy atom. The van der Waals surface area contributed by atoms with Crippen molar-refractivity contribution in [1.29, 1.82) is 0 Å². The molecule has 3 aliphatic rings. The molecule has 1 aromatic carbocycles. The molecule has 138 valence electrons. The van der Waals surface area contributed by atoms with Crippen molar-refractivity contribution in [1.82, 2.24) is 10.2 Å². The van der Waals surface area contributed by atoms with Crippen LogP contribution >= 0.6 is 0 Å². The molecule has 0 radical (unpaired) electrons.